The Morgan fingerprint density at radius 2 is 2.24 bits per heavy atom. The molecule has 112 valence electrons. The summed E-state index contributed by atoms with van der Waals surface area (Å²) in [7, 11) is 0. The van der Waals surface area contributed by atoms with Crippen molar-refractivity contribution in [2.45, 2.75) is 39.3 Å². The van der Waals surface area contributed by atoms with Crippen molar-refractivity contribution in [2.75, 3.05) is 0 Å². The van der Waals surface area contributed by atoms with Crippen molar-refractivity contribution < 1.29 is 9.18 Å². The molecule has 2 rings (SSSR count). The van der Waals surface area contributed by atoms with Crippen molar-refractivity contribution in [3.8, 4) is 0 Å². The fourth-order valence-electron chi connectivity index (χ4n) is 2.22. The molecule has 0 bridgehead atoms. The summed E-state index contributed by atoms with van der Waals surface area (Å²) in [6.45, 7) is 3.87. The standard InChI is InChI=1S/C15H18FN3O2/c1-3-4-10(2)18-14(20)8-19-9-17-13-7-11(16)5-6-12(13)15(19)21/h5-7,9-10H,3-4,8H2,1-2H3,(H,18,20)/t10-/m1/s1. The summed E-state index contributed by atoms with van der Waals surface area (Å²) in [4.78, 5) is 28.1. The highest BCUT2D eigenvalue weighted by atomic mass is 19.1. The van der Waals surface area contributed by atoms with E-state index in [4.69, 9.17) is 0 Å². The molecule has 1 aromatic heterocycles. The van der Waals surface area contributed by atoms with Crippen LogP contribution in [0, 0.1) is 5.82 Å². The van der Waals surface area contributed by atoms with Gasteiger partial charge in [0.2, 0.25) is 5.91 Å². The van der Waals surface area contributed by atoms with Crippen molar-refractivity contribution in [1.29, 1.82) is 0 Å². The van der Waals surface area contributed by atoms with Crippen LogP contribution in [0.5, 0.6) is 0 Å². The van der Waals surface area contributed by atoms with Gasteiger partial charge in [-0.15, -0.1) is 0 Å². The summed E-state index contributed by atoms with van der Waals surface area (Å²) in [6.07, 6.45) is 3.13. The van der Waals surface area contributed by atoms with Gasteiger partial charge >= 0.3 is 0 Å². The smallest absolute Gasteiger partial charge is 0.261 e. The predicted octanol–water partition coefficient (Wildman–Crippen LogP) is 1.84. The van der Waals surface area contributed by atoms with Crippen molar-refractivity contribution >= 4 is 16.8 Å². The van der Waals surface area contributed by atoms with Gasteiger partial charge in [0.25, 0.3) is 5.56 Å². The topological polar surface area (TPSA) is 64.0 Å². The Morgan fingerprint density at radius 1 is 1.48 bits per heavy atom. The van der Waals surface area contributed by atoms with Crippen LogP contribution in [0.4, 0.5) is 4.39 Å². The number of rotatable bonds is 5. The van der Waals surface area contributed by atoms with Crippen molar-refractivity contribution in [1.82, 2.24) is 14.9 Å². The average molecular weight is 291 g/mol. The molecule has 0 fully saturated rings. The second-order valence-corrected chi connectivity index (χ2v) is 5.10. The van der Waals surface area contributed by atoms with Gasteiger partial charge in [-0.25, -0.2) is 9.37 Å². The molecule has 0 radical (unpaired) electrons. The van der Waals surface area contributed by atoms with Gasteiger partial charge in [-0.3, -0.25) is 14.2 Å². The minimum absolute atomic E-state index is 0.0701. The largest absolute Gasteiger partial charge is 0.352 e. The maximum absolute atomic E-state index is 13.1. The number of halogens is 1. The van der Waals surface area contributed by atoms with Crippen LogP contribution in [0.15, 0.2) is 29.3 Å². The number of carbonyl (C=O) groups excluding carboxylic acids is 1. The number of hydrogen-bond acceptors (Lipinski definition) is 3. The Morgan fingerprint density at radius 3 is 2.95 bits per heavy atom. The van der Waals surface area contributed by atoms with Crippen LogP contribution >= 0.6 is 0 Å². The third-order valence-electron chi connectivity index (χ3n) is 3.23. The van der Waals surface area contributed by atoms with Crippen LogP contribution < -0.4 is 10.9 Å². The van der Waals surface area contributed by atoms with Crippen molar-refractivity contribution in [3.63, 3.8) is 0 Å². The van der Waals surface area contributed by atoms with Gasteiger partial charge < -0.3 is 5.32 Å². The molecule has 0 aliphatic rings. The molecule has 0 aliphatic heterocycles. The van der Waals surface area contributed by atoms with E-state index < -0.39 is 5.82 Å². The highest BCUT2D eigenvalue weighted by Gasteiger charge is 2.10. The molecular weight excluding hydrogens is 273 g/mol. The summed E-state index contributed by atoms with van der Waals surface area (Å²) >= 11 is 0. The summed E-state index contributed by atoms with van der Waals surface area (Å²) in [5.41, 5.74) is -0.0608. The number of aromatic nitrogens is 2. The lowest BCUT2D eigenvalue weighted by Crippen LogP contribution is -2.37. The lowest BCUT2D eigenvalue weighted by molar-refractivity contribution is -0.122. The van der Waals surface area contributed by atoms with E-state index in [1.165, 1.54) is 29.1 Å². The van der Waals surface area contributed by atoms with Crippen LogP contribution in [0.3, 0.4) is 0 Å². The molecule has 1 heterocycles. The van der Waals surface area contributed by atoms with Crippen LogP contribution in [-0.4, -0.2) is 21.5 Å². The molecule has 6 heteroatoms. The third kappa shape index (κ3) is 3.65. The fourth-order valence-corrected chi connectivity index (χ4v) is 2.22. The molecular formula is C15H18FN3O2. The normalized spacial score (nSPS) is 12.3. The molecule has 0 saturated heterocycles. The zero-order chi connectivity index (χ0) is 15.4. The van der Waals surface area contributed by atoms with Gasteiger partial charge in [-0.1, -0.05) is 13.3 Å². The zero-order valence-electron chi connectivity index (χ0n) is 12.1. The molecule has 1 N–H and O–H groups in total. The van der Waals surface area contributed by atoms with Crippen LogP contribution in [0.25, 0.3) is 10.9 Å². The number of nitrogens with one attached hydrogen (secondary N) is 1. The van der Waals surface area contributed by atoms with Crippen molar-refractivity contribution in [3.05, 3.63) is 40.7 Å². The van der Waals surface area contributed by atoms with Gasteiger partial charge in [0.05, 0.1) is 17.2 Å². The first-order valence-electron chi connectivity index (χ1n) is 6.95. The second-order valence-electron chi connectivity index (χ2n) is 5.10. The van der Waals surface area contributed by atoms with E-state index in [2.05, 4.69) is 10.3 Å². The van der Waals surface area contributed by atoms with E-state index in [9.17, 15) is 14.0 Å². The Hall–Kier alpha value is -2.24. The van der Waals surface area contributed by atoms with Crippen molar-refractivity contribution in [2.24, 2.45) is 0 Å². The number of nitrogens with zero attached hydrogens (tertiary/aromatic N) is 2. The molecule has 1 atom stereocenters. The number of hydrogen-bond donors (Lipinski definition) is 1. The quantitative estimate of drug-likeness (QED) is 0.914. The monoisotopic (exact) mass is 291 g/mol. The SMILES string of the molecule is CCC[C@@H](C)NC(=O)Cn1cnc2cc(F)ccc2c1=O. The molecule has 0 aliphatic carbocycles. The van der Waals surface area contributed by atoms with Crippen LogP contribution in [0.1, 0.15) is 26.7 Å². The minimum atomic E-state index is -0.446. The highest BCUT2D eigenvalue weighted by Crippen LogP contribution is 2.08. The molecule has 2 aromatic rings. The Labute approximate surface area is 121 Å². The first-order valence-corrected chi connectivity index (χ1v) is 6.95. The molecule has 0 spiro atoms. The van der Waals surface area contributed by atoms with E-state index in [1.54, 1.807) is 0 Å². The average Bonchev–Trinajstić information content (AvgIpc) is 2.42. The number of benzene rings is 1. The highest BCUT2D eigenvalue weighted by molar-refractivity contribution is 5.79. The van der Waals surface area contributed by atoms with Gasteiger partial charge in [-0.2, -0.15) is 0 Å². The molecule has 5 nitrogen and oxygen atoms in total. The molecule has 1 amide bonds. The molecule has 0 saturated carbocycles. The maximum Gasteiger partial charge on any atom is 0.261 e. The Bertz CT molecular complexity index is 712. The van der Waals surface area contributed by atoms with Gasteiger partial charge in [-0.05, 0) is 25.5 Å². The first kappa shape index (κ1) is 15.2. The predicted molar refractivity (Wildman–Crippen MR) is 78.5 cm³/mol. The molecule has 0 unspecified atom stereocenters. The Kier molecular flexibility index (Phi) is 4.67. The summed E-state index contributed by atoms with van der Waals surface area (Å²) in [5.74, 6) is -0.681. The Balaban J connectivity index is 2.19. The lowest BCUT2D eigenvalue weighted by atomic mass is 10.2. The van der Waals surface area contributed by atoms with Crippen LogP contribution in [0.2, 0.25) is 0 Å². The van der Waals surface area contributed by atoms with E-state index >= 15 is 0 Å². The summed E-state index contributed by atoms with van der Waals surface area (Å²) in [6, 6.07) is 3.86. The summed E-state index contributed by atoms with van der Waals surface area (Å²) < 4.78 is 14.3. The first-order chi connectivity index (χ1) is 10.0. The molecule has 21 heavy (non-hydrogen) atoms. The van der Waals surface area contributed by atoms with Gasteiger partial charge in [0.1, 0.15) is 12.4 Å². The zero-order valence-corrected chi connectivity index (χ0v) is 12.1. The molecule has 1 aromatic carbocycles. The van der Waals surface area contributed by atoms with E-state index in [0.29, 0.717) is 5.39 Å². The lowest BCUT2D eigenvalue weighted by Gasteiger charge is -2.13. The minimum Gasteiger partial charge on any atom is -0.352 e. The number of amides is 1. The van der Waals surface area contributed by atoms with E-state index in [1.807, 2.05) is 13.8 Å². The summed E-state index contributed by atoms with van der Waals surface area (Å²) in [5, 5.41) is 3.13. The van der Waals surface area contributed by atoms with Crippen LogP contribution in [-0.2, 0) is 11.3 Å². The fraction of sp³-hybridized carbons (Fsp3) is 0.400. The van der Waals surface area contributed by atoms with E-state index in [-0.39, 0.29) is 29.6 Å². The second kappa shape index (κ2) is 6.47. The number of carbonyl (C=O) groups is 1. The van der Waals surface area contributed by atoms with Gasteiger partial charge in [0, 0.05) is 12.1 Å². The van der Waals surface area contributed by atoms with E-state index in [0.717, 1.165) is 12.8 Å². The van der Waals surface area contributed by atoms with Gasteiger partial charge in [0.15, 0.2) is 0 Å². The maximum atomic E-state index is 13.1. The number of fused-ring (bicyclic) bond motifs is 1. The third-order valence-corrected chi connectivity index (χ3v) is 3.23.